The van der Waals surface area contributed by atoms with Crippen LogP contribution >= 0.6 is 19.8 Å². The van der Waals surface area contributed by atoms with Gasteiger partial charge in [0.1, 0.15) is 24.7 Å². The zero-order valence-electron chi connectivity index (χ0n) is 65.3. The SMILES string of the molecule is CC1CCC(C)CC1.CC1CCC2CC(C)CCC2C1.CC1COC(C)OC1.Cc1cc(F)c(C)c(F)c1.Cc1ccc(C)c(F)c1.Cc1ccc(C)c(F)c1F.Cc1ccc(C)cc1.Cc1ccc(C)nc1.Cc1ccc2cc(C)ccc2c1.Cc1cnc(C)nc1.F.P.P.[2H]N.[CH3-].[Y]. The predicted octanol–water partition coefficient (Wildman–Crippen LogP) is 24.7. The second-order valence-corrected chi connectivity index (χ2v) is 27.3. The van der Waals surface area contributed by atoms with E-state index >= 15 is 0 Å². The number of nitrogens with zero attached hydrogens (tertiary/aromatic N) is 3. The fourth-order valence-corrected chi connectivity index (χ4v) is 10.8. The Morgan fingerprint density at radius 3 is 1.05 bits per heavy atom. The first kappa shape index (κ1) is 98.4. The topological polar surface area (TPSA) is 92.1 Å². The van der Waals surface area contributed by atoms with E-state index < -0.39 is 23.3 Å². The van der Waals surface area contributed by atoms with Gasteiger partial charge < -0.3 is 23.0 Å². The maximum Gasteiger partial charge on any atom is 0.161 e. The van der Waals surface area contributed by atoms with Crippen molar-refractivity contribution >= 4 is 30.6 Å². The Labute approximate surface area is 629 Å². The predicted molar refractivity (Wildman–Crippen MR) is 419 cm³/mol. The fraction of sp³-hybridized carbons (Fsp3) is 0.476. The summed E-state index contributed by atoms with van der Waals surface area (Å²) >= 11 is 0. The summed E-state index contributed by atoms with van der Waals surface area (Å²) < 4.78 is 78.6. The molecule has 0 bridgehead atoms. The third kappa shape index (κ3) is 42.4. The quantitative estimate of drug-likeness (QED) is 0.0924. The van der Waals surface area contributed by atoms with Crippen LogP contribution in [0.1, 0.15) is 184 Å². The largest absolute Gasteiger partial charge is 0.358 e. The molecule has 4 aliphatic rings. The molecule has 0 spiro atoms. The third-order valence-corrected chi connectivity index (χ3v) is 17.2. The third-order valence-electron chi connectivity index (χ3n) is 17.2. The smallest absolute Gasteiger partial charge is 0.161 e. The monoisotopic (exact) mass is 1490 g/mol. The van der Waals surface area contributed by atoms with Crippen molar-refractivity contribution in [2.24, 2.45) is 41.4 Å². The van der Waals surface area contributed by atoms with Gasteiger partial charge in [-0.05, 0) is 239 Å². The molecule has 0 amide bonds. The fourth-order valence-electron chi connectivity index (χ4n) is 10.8. The Balaban J connectivity index is -0.000000510. The van der Waals surface area contributed by atoms with Gasteiger partial charge in [-0.15, -0.1) is 0 Å². The molecule has 3 aliphatic carbocycles. The number of hydrogen-bond donors (Lipinski definition) is 1. The molecule has 99 heavy (non-hydrogen) atoms. The van der Waals surface area contributed by atoms with Gasteiger partial charge in [0.15, 0.2) is 17.9 Å². The average molecular weight is 1490 g/mol. The molecule has 1 aliphatic heterocycles. The Hall–Kier alpha value is -4.77. The Bertz CT molecular complexity index is 3090. The number of aromatic nitrogens is 3. The summed E-state index contributed by atoms with van der Waals surface area (Å²) in [7, 11) is 0. The molecule has 3 saturated carbocycles. The summed E-state index contributed by atoms with van der Waals surface area (Å²) in [4.78, 5) is 12.0. The second kappa shape index (κ2) is 54.0. The number of rotatable bonds is 0. The summed E-state index contributed by atoms with van der Waals surface area (Å²) in [5.41, 5.74) is 11.8. The van der Waals surface area contributed by atoms with E-state index in [4.69, 9.17) is 10.9 Å². The van der Waals surface area contributed by atoms with Crippen LogP contribution in [0.15, 0.2) is 134 Å². The molecule has 1 saturated heterocycles. The van der Waals surface area contributed by atoms with Crippen LogP contribution in [0.4, 0.5) is 26.7 Å². The number of pyridine rings is 1. The molecular weight excluding hydrogens is 1360 g/mol. The maximum absolute atomic E-state index is 12.6. The molecule has 8 aromatic rings. The van der Waals surface area contributed by atoms with E-state index in [0.717, 1.165) is 71.4 Å². The molecule has 3 heterocycles. The summed E-state index contributed by atoms with van der Waals surface area (Å²) in [6.45, 7) is 41.4. The molecule has 4 fully saturated rings. The van der Waals surface area contributed by atoms with Crippen LogP contribution in [0.5, 0.6) is 0 Å². The van der Waals surface area contributed by atoms with Gasteiger partial charge >= 0.3 is 0 Å². The number of aryl methyl sites for hydroxylation is 13. The van der Waals surface area contributed by atoms with Gasteiger partial charge in [-0.3, -0.25) is 9.69 Å². The number of ether oxygens (including phenoxy) is 2. The standard InChI is InChI=1S/C12H22.C12H12.2C8H8F2.C8H9F.C8H16.C8H10.C7H9N.C6H8N2.C6H12O2.CH3.FH.H3N.2H3P.Y/c2*1-9-3-5-12-8-10(2)4-6-11(12)7-9;1-5-3-7(9)6(2)8(10)4-5;1-5-3-4-6(2)8(10)7(5)9;1-6-3-4-7(2)8(9)5-6;2*1-7-3-5-8(2)6-4-7;1-6-3-4-7(2)8-5-6;2*1-5-3-7-6(2)8-4-5;;;;;;/h9-12H,3-8H2,1-2H3;3-8H,1-2H3;2*3-4H,1-2H3;3-5H,1-2H3;7-8H,3-6H2,1-2H3;3-6H,1-2H3;3-5H,1-2H3;3-4H,1-2H3;5-6H,3-4H2,1-2H3;1H3;1H;3*1H3;/q;;;;;;;;;;-1;;;;;/i/hD. The summed E-state index contributed by atoms with van der Waals surface area (Å²) in [6.07, 6.45) is 24.3. The van der Waals surface area contributed by atoms with Crippen molar-refractivity contribution in [3.8, 4) is 0 Å². The Morgan fingerprint density at radius 2 is 0.707 bits per heavy atom. The number of halogens is 6. The number of hydrogen-bond acceptors (Lipinski definition) is 6. The van der Waals surface area contributed by atoms with E-state index in [1.165, 1.54) is 142 Å². The van der Waals surface area contributed by atoms with E-state index in [1.807, 2.05) is 72.3 Å². The van der Waals surface area contributed by atoms with Crippen LogP contribution in [-0.4, -0.2) is 34.5 Å². The summed E-state index contributed by atoms with van der Waals surface area (Å²) in [5, 5.41) is 2.67. The van der Waals surface area contributed by atoms with Gasteiger partial charge in [-0.25, -0.2) is 31.9 Å². The minimum absolute atomic E-state index is 0. The molecule has 15 heteroatoms. The normalized spacial score (nSPS) is 18.8. The molecule has 6 aromatic carbocycles. The molecule has 3 N–H and O–H groups in total. The van der Waals surface area contributed by atoms with E-state index in [9.17, 15) is 22.0 Å². The zero-order chi connectivity index (χ0) is 71.3. The Kier molecular flexibility index (Phi) is 53.6. The first-order valence-electron chi connectivity index (χ1n) is 34.4. The maximum atomic E-state index is 12.6. The van der Waals surface area contributed by atoms with Gasteiger partial charge in [0, 0.05) is 68.5 Å². The zero-order valence-corrected chi connectivity index (χ0v) is 70.0. The number of benzene rings is 6. The van der Waals surface area contributed by atoms with Crippen LogP contribution < -0.4 is 6.14 Å². The first-order chi connectivity index (χ1) is 44.9. The molecule has 551 valence electrons. The molecule has 12 rings (SSSR count). The van der Waals surface area contributed by atoms with Gasteiger partial charge in [0.25, 0.3) is 0 Å². The van der Waals surface area contributed by atoms with E-state index in [0.29, 0.717) is 28.2 Å². The summed E-state index contributed by atoms with van der Waals surface area (Å²) in [6, 6.07) is 36.6. The average Bonchev–Trinajstić information content (AvgIpc) is 0.851. The molecule has 6 atom stereocenters. The molecule has 6 nitrogen and oxygen atoms in total. The van der Waals surface area contributed by atoms with Crippen molar-refractivity contribution in [2.75, 3.05) is 13.2 Å². The van der Waals surface area contributed by atoms with Gasteiger partial charge in [0.2, 0.25) is 0 Å². The van der Waals surface area contributed by atoms with Crippen molar-refractivity contribution in [3.05, 3.63) is 249 Å². The summed E-state index contributed by atoms with van der Waals surface area (Å²) in [5.74, 6) is 5.19. The van der Waals surface area contributed by atoms with Gasteiger partial charge in [-0.2, -0.15) is 19.8 Å². The van der Waals surface area contributed by atoms with Crippen LogP contribution in [0, 0.1) is 175 Å². The van der Waals surface area contributed by atoms with E-state index in [-0.39, 0.29) is 82.3 Å². The van der Waals surface area contributed by atoms with E-state index in [2.05, 4.69) is 150 Å². The molecule has 1 radical (unpaired) electrons. The Morgan fingerprint density at radius 1 is 0.374 bits per heavy atom. The molecular formula is C84H127F6N4O2P2Y-. The number of fused-ring (bicyclic) bond motifs is 2. The minimum Gasteiger partial charge on any atom is -0.358 e. The molecule has 6 unspecified atom stereocenters. The van der Waals surface area contributed by atoms with Crippen molar-refractivity contribution in [3.63, 3.8) is 0 Å². The van der Waals surface area contributed by atoms with Gasteiger partial charge in [0.05, 0.1) is 13.2 Å². The molecule has 2 aromatic heterocycles. The first-order valence-corrected chi connectivity index (χ1v) is 33.8. The van der Waals surface area contributed by atoms with E-state index in [1.54, 1.807) is 32.0 Å². The van der Waals surface area contributed by atoms with Gasteiger partial charge in [-0.1, -0.05) is 186 Å². The van der Waals surface area contributed by atoms with Crippen LogP contribution in [0.3, 0.4) is 0 Å². The van der Waals surface area contributed by atoms with Crippen molar-refractivity contribution < 1.29 is 70.3 Å². The van der Waals surface area contributed by atoms with Crippen LogP contribution in [0.25, 0.3) is 10.8 Å². The van der Waals surface area contributed by atoms with Crippen molar-refractivity contribution in [1.29, 1.82) is 0 Å². The minimum atomic E-state index is -0.736. The van der Waals surface area contributed by atoms with Crippen molar-refractivity contribution in [1.82, 2.24) is 21.1 Å². The van der Waals surface area contributed by atoms with Crippen LogP contribution in [0.2, 0.25) is 1.41 Å². The van der Waals surface area contributed by atoms with Crippen molar-refractivity contribution in [2.45, 2.75) is 209 Å². The second-order valence-electron chi connectivity index (χ2n) is 27.3. The van der Waals surface area contributed by atoms with Crippen LogP contribution in [-0.2, 0) is 42.2 Å².